The quantitative estimate of drug-likeness (QED) is 0.458. The maximum Gasteiger partial charge on any atom is 0.111 e. The molecule has 0 spiro atoms. The van der Waals surface area contributed by atoms with Gasteiger partial charge in [-0.3, -0.25) is 4.99 Å². The highest BCUT2D eigenvalue weighted by atomic mass is 15.2. The van der Waals surface area contributed by atoms with Gasteiger partial charge in [-0.05, 0) is 0 Å². The summed E-state index contributed by atoms with van der Waals surface area (Å²) < 4.78 is 0. The third kappa shape index (κ3) is 1.23. The van der Waals surface area contributed by atoms with Crippen molar-refractivity contribution in [2.75, 3.05) is 20.1 Å². The van der Waals surface area contributed by atoms with E-state index in [9.17, 15) is 0 Å². The molecule has 0 aliphatic carbocycles. The third-order valence-electron chi connectivity index (χ3n) is 1.43. The largest absolute Gasteiger partial charge is 0.361 e. The SMILES string of the molecule is C#CCC1=NCCN1C. The van der Waals surface area contributed by atoms with Crippen LogP contribution in [-0.2, 0) is 0 Å². The molecule has 0 fully saturated rings. The molecule has 1 aliphatic rings. The second kappa shape index (κ2) is 2.54. The van der Waals surface area contributed by atoms with E-state index in [0.29, 0.717) is 6.42 Å². The van der Waals surface area contributed by atoms with Crippen molar-refractivity contribution in [1.82, 2.24) is 4.90 Å². The van der Waals surface area contributed by atoms with E-state index >= 15 is 0 Å². The average Bonchev–Trinajstić information content (AvgIpc) is 2.18. The standard InChI is InChI=1S/C7H10N2/c1-3-4-7-8-5-6-9(7)2/h1H,4-6H2,2H3. The number of terminal acetylenes is 1. The molecule has 1 rings (SSSR count). The molecular weight excluding hydrogens is 112 g/mol. The number of hydrogen-bond acceptors (Lipinski definition) is 2. The third-order valence-corrected chi connectivity index (χ3v) is 1.43. The molecule has 2 nitrogen and oxygen atoms in total. The second-order valence-electron chi connectivity index (χ2n) is 2.10. The van der Waals surface area contributed by atoms with Crippen molar-refractivity contribution in [2.24, 2.45) is 4.99 Å². The van der Waals surface area contributed by atoms with Crippen LogP contribution in [0.25, 0.3) is 0 Å². The minimum absolute atomic E-state index is 0.677. The minimum atomic E-state index is 0.677. The molecule has 0 aromatic carbocycles. The topological polar surface area (TPSA) is 15.6 Å². The lowest BCUT2D eigenvalue weighted by atomic mass is 10.4. The summed E-state index contributed by atoms with van der Waals surface area (Å²) in [6, 6.07) is 0. The van der Waals surface area contributed by atoms with Crippen LogP contribution in [0.15, 0.2) is 4.99 Å². The van der Waals surface area contributed by atoms with Crippen LogP contribution in [0.5, 0.6) is 0 Å². The first-order valence-corrected chi connectivity index (χ1v) is 3.02. The number of nitrogens with zero attached hydrogens (tertiary/aromatic N) is 2. The van der Waals surface area contributed by atoms with Crippen LogP contribution in [-0.4, -0.2) is 30.9 Å². The molecule has 0 atom stereocenters. The van der Waals surface area contributed by atoms with E-state index in [1.807, 2.05) is 7.05 Å². The Balaban J connectivity index is 2.50. The van der Waals surface area contributed by atoms with Crippen molar-refractivity contribution >= 4 is 5.84 Å². The Morgan fingerprint density at radius 2 is 2.67 bits per heavy atom. The molecule has 2 heteroatoms. The summed E-state index contributed by atoms with van der Waals surface area (Å²) in [4.78, 5) is 6.30. The van der Waals surface area contributed by atoms with Gasteiger partial charge < -0.3 is 4.90 Å². The fraction of sp³-hybridized carbons (Fsp3) is 0.571. The van der Waals surface area contributed by atoms with E-state index in [2.05, 4.69) is 15.8 Å². The second-order valence-corrected chi connectivity index (χ2v) is 2.10. The molecule has 1 heterocycles. The molecule has 0 unspecified atom stereocenters. The zero-order chi connectivity index (χ0) is 6.69. The van der Waals surface area contributed by atoms with E-state index in [1.54, 1.807) is 0 Å². The van der Waals surface area contributed by atoms with Gasteiger partial charge in [-0.25, -0.2) is 0 Å². The van der Waals surface area contributed by atoms with Crippen LogP contribution in [0.1, 0.15) is 6.42 Å². The van der Waals surface area contributed by atoms with Gasteiger partial charge in [0.1, 0.15) is 5.84 Å². The van der Waals surface area contributed by atoms with Crippen LogP contribution < -0.4 is 0 Å². The molecule has 0 aromatic rings. The van der Waals surface area contributed by atoms with Crippen LogP contribution >= 0.6 is 0 Å². The maximum absolute atomic E-state index is 5.11. The van der Waals surface area contributed by atoms with Gasteiger partial charge in [0.25, 0.3) is 0 Å². The lowest BCUT2D eigenvalue weighted by Crippen LogP contribution is -2.21. The van der Waals surface area contributed by atoms with Gasteiger partial charge in [0.15, 0.2) is 0 Å². The van der Waals surface area contributed by atoms with Gasteiger partial charge in [-0.15, -0.1) is 6.42 Å². The molecular formula is C7H10N2. The fourth-order valence-corrected chi connectivity index (χ4v) is 0.861. The maximum atomic E-state index is 5.11. The molecule has 0 saturated heterocycles. The van der Waals surface area contributed by atoms with Gasteiger partial charge >= 0.3 is 0 Å². The molecule has 0 bridgehead atoms. The van der Waals surface area contributed by atoms with Crippen molar-refractivity contribution in [3.63, 3.8) is 0 Å². The van der Waals surface area contributed by atoms with Crippen LogP contribution in [0.3, 0.4) is 0 Å². The van der Waals surface area contributed by atoms with Crippen LogP contribution in [0.2, 0.25) is 0 Å². The highest BCUT2D eigenvalue weighted by molar-refractivity contribution is 5.85. The predicted octanol–water partition coefficient (Wildman–Crippen LogP) is 0.354. The van der Waals surface area contributed by atoms with E-state index < -0.39 is 0 Å². The lowest BCUT2D eigenvalue weighted by molar-refractivity contribution is 0.550. The number of amidine groups is 1. The van der Waals surface area contributed by atoms with Gasteiger partial charge in [0.05, 0.1) is 13.0 Å². The minimum Gasteiger partial charge on any atom is -0.361 e. The summed E-state index contributed by atoms with van der Waals surface area (Å²) in [6.45, 7) is 1.94. The van der Waals surface area contributed by atoms with Crippen LogP contribution in [0, 0.1) is 12.3 Å². The summed E-state index contributed by atoms with van der Waals surface area (Å²) in [5.41, 5.74) is 0. The van der Waals surface area contributed by atoms with Crippen molar-refractivity contribution in [3.05, 3.63) is 0 Å². The normalized spacial score (nSPS) is 17.3. The zero-order valence-corrected chi connectivity index (χ0v) is 5.59. The Kier molecular flexibility index (Phi) is 1.74. The number of likely N-dealkylation sites (N-methyl/N-ethyl adjacent to an activating group) is 1. The average molecular weight is 122 g/mol. The van der Waals surface area contributed by atoms with Gasteiger partial charge in [0.2, 0.25) is 0 Å². The van der Waals surface area contributed by atoms with E-state index in [4.69, 9.17) is 6.42 Å². The first kappa shape index (κ1) is 6.15. The number of aliphatic imine (C=N–C) groups is 1. The highest BCUT2D eigenvalue weighted by Crippen LogP contribution is 1.99. The van der Waals surface area contributed by atoms with Crippen molar-refractivity contribution in [1.29, 1.82) is 0 Å². The van der Waals surface area contributed by atoms with Gasteiger partial charge in [-0.2, -0.15) is 0 Å². The molecule has 0 saturated carbocycles. The molecule has 0 radical (unpaired) electrons. The summed E-state index contributed by atoms with van der Waals surface area (Å²) in [5, 5.41) is 0. The molecule has 0 aromatic heterocycles. The first-order chi connectivity index (χ1) is 4.34. The Bertz CT molecular complexity index is 164. The Morgan fingerprint density at radius 1 is 1.89 bits per heavy atom. The smallest absolute Gasteiger partial charge is 0.111 e. The molecule has 9 heavy (non-hydrogen) atoms. The van der Waals surface area contributed by atoms with E-state index in [1.165, 1.54) is 0 Å². The Labute approximate surface area is 55.6 Å². The Hall–Kier alpha value is -0.970. The summed E-state index contributed by atoms with van der Waals surface area (Å²) in [5.74, 6) is 3.62. The molecule has 0 N–H and O–H groups in total. The van der Waals surface area contributed by atoms with E-state index in [0.717, 1.165) is 18.9 Å². The fourth-order valence-electron chi connectivity index (χ4n) is 0.861. The van der Waals surface area contributed by atoms with E-state index in [-0.39, 0.29) is 0 Å². The molecule has 1 aliphatic heterocycles. The molecule has 0 amide bonds. The highest BCUT2D eigenvalue weighted by Gasteiger charge is 2.09. The van der Waals surface area contributed by atoms with Crippen molar-refractivity contribution in [3.8, 4) is 12.3 Å². The Morgan fingerprint density at radius 3 is 3.11 bits per heavy atom. The van der Waals surface area contributed by atoms with Gasteiger partial charge in [-0.1, -0.05) is 5.92 Å². The first-order valence-electron chi connectivity index (χ1n) is 3.02. The van der Waals surface area contributed by atoms with Crippen molar-refractivity contribution in [2.45, 2.75) is 6.42 Å². The summed E-state index contributed by atoms with van der Waals surface area (Å²) in [6.07, 6.45) is 5.79. The van der Waals surface area contributed by atoms with Crippen LogP contribution in [0.4, 0.5) is 0 Å². The number of rotatable bonds is 1. The summed E-state index contributed by atoms with van der Waals surface area (Å²) >= 11 is 0. The van der Waals surface area contributed by atoms with Gasteiger partial charge in [0, 0.05) is 13.6 Å². The molecule has 48 valence electrons. The number of hydrogen-bond donors (Lipinski definition) is 0. The predicted molar refractivity (Wildman–Crippen MR) is 38.4 cm³/mol. The lowest BCUT2D eigenvalue weighted by Gasteiger charge is -2.09. The monoisotopic (exact) mass is 122 g/mol. The van der Waals surface area contributed by atoms with Crippen molar-refractivity contribution < 1.29 is 0 Å². The zero-order valence-electron chi connectivity index (χ0n) is 5.59. The summed E-state index contributed by atoms with van der Waals surface area (Å²) in [7, 11) is 2.02.